The third-order valence-corrected chi connectivity index (χ3v) is 7.79. The summed E-state index contributed by atoms with van der Waals surface area (Å²) in [6.45, 7) is 5.78. The molecule has 2 aromatic rings. The highest BCUT2D eigenvalue weighted by Gasteiger charge is 2.30. The lowest BCUT2D eigenvalue weighted by Gasteiger charge is -2.32. The molecule has 37 heavy (non-hydrogen) atoms. The van der Waals surface area contributed by atoms with Crippen LogP contribution in [0.4, 0.5) is 10.1 Å². The fourth-order valence-electron chi connectivity index (χ4n) is 3.81. The van der Waals surface area contributed by atoms with Crippen LogP contribution in [-0.4, -0.2) is 50.0 Å². The summed E-state index contributed by atoms with van der Waals surface area (Å²) in [6, 6.07) is 9.26. The van der Waals surface area contributed by atoms with Gasteiger partial charge in [-0.15, -0.1) is 0 Å². The van der Waals surface area contributed by atoms with E-state index in [1.165, 1.54) is 29.2 Å². The maximum absolute atomic E-state index is 13.5. The number of hydrogen-bond acceptors (Lipinski definition) is 4. The largest absolute Gasteiger partial charge is 0.352 e. The molecule has 11 heteroatoms. The van der Waals surface area contributed by atoms with Crippen molar-refractivity contribution in [3.8, 4) is 0 Å². The number of carbonyl (C=O) groups is 2. The Morgan fingerprint density at radius 2 is 1.70 bits per heavy atom. The molecule has 0 heterocycles. The molecule has 0 aromatic heterocycles. The average molecular weight is 575 g/mol. The molecular weight excluding hydrogens is 540 g/mol. The quantitative estimate of drug-likeness (QED) is 0.347. The standard InChI is InChI=1S/C26H34Cl2FN3O4S/c1-5-18(3)30-26(34)24(6-2)31(17-19-9-10-20(27)16-23(19)28)25(33)8-7-15-32(37(4,35)36)22-13-11-21(29)12-14-22/h9-14,16,18,24H,5-8,15,17H2,1-4H3,(H,30,34)/t18-,24-/m1/s1. The van der Waals surface area contributed by atoms with Crippen LogP contribution in [0.2, 0.25) is 10.0 Å². The zero-order chi connectivity index (χ0) is 27.8. The lowest BCUT2D eigenvalue weighted by Crippen LogP contribution is -2.50. The lowest BCUT2D eigenvalue weighted by atomic mass is 10.1. The van der Waals surface area contributed by atoms with Gasteiger partial charge in [-0.2, -0.15) is 0 Å². The van der Waals surface area contributed by atoms with Gasteiger partial charge in [0.2, 0.25) is 21.8 Å². The van der Waals surface area contributed by atoms with Gasteiger partial charge in [0.05, 0.1) is 11.9 Å². The van der Waals surface area contributed by atoms with Crippen molar-refractivity contribution in [3.05, 3.63) is 63.9 Å². The van der Waals surface area contributed by atoms with E-state index in [2.05, 4.69) is 5.32 Å². The maximum atomic E-state index is 13.5. The second kappa shape index (κ2) is 14.0. The highest BCUT2D eigenvalue weighted by molar-refractivity contribution is 7.92. The van der Waals surface area contributed by atoms with Crippen LogP contribution in [0.3, 0.4) is 0 Å². The third-order valence-electron chi connectivity index (χ3n) is 6.01. The van der Waals surface area contributed by atoms with E-state index in [0.717, 1.165) is 17.0 Å². The molecule has 0 saturated carbocycles. The van der Waals surface area contributed by atoms with Gasteiger partial charge in [0.25, 0.3) is 0 Å². The fraction of sp³-hybridized carbons (Fsp3) is 0.462. The monoisotopic (exact) mass is 573 g/mol. The van der Waals surface area contributed by atoms with Gasteiger partial charge in [-0.25, -0.2) is 12.8 Å². The normalized spacial score (nSPS) is 13.1. The molecule has 0 aliphatic carbocycles. The second-order valence-electron chi connectivity index (χ2n) is 8.91. The first-order valence-corrected chi connectivity index (χ1v) is 14.7. The first kappa shape index (κ1) is 30.9. The van der Waals surface area contributed by atoms with Gasteiger partial charge in [0, 0.05) is 35.6 Å². The number of amides is 2. The van der Waals surface area contributed by atoms with E-state index in [0.29, 0.717) is 27.7 Å². The van der Waals surface area contributed by atoms with Crippen LogP contribution < -0.4 is 9.62 Å². The minimum absolute atomic E-state index is 0.00840. The summed E-state index contributed by atoms with van der Waals surface area (Å²) in [4.78, 5) is 28.0. The van der Waals surface area contributed by atoms with Crippen LogP contribution in [0.5, 0.6) is 0 Å². The molecule has 7 nitrogen and oxygen atoms in total. The van der Waals surface area contributed by atoms with Gasteiger partial charge in [0.1, 0.15) is 11.9 Å². The topological polar surface area (TPSA) is 86.8 Å². The number of nitrogens with zero attached hydrogens (tertiary/aromatic N) is 2. The molecule has 2 atom stereocenters. The molecule has 204 valence electrons. The molecular formula is C26H34Cl2FN3O4S. The van der Waals surface area contributed by atoms with E-state index < -0.39 is 21.9 Å². The summed E-state index contributed by atoms with van der Waals surface area (Å²) in [5.41, 5.74) is 0.943. The predicted octanol–water partition coefficient (Wildman–Crippen LogP) is 5.40. The van der Waals surface area contributed by atoms with Crippen molar-refractivity contribution in [2.45, 2.75) is 65.1 Å². The number of hydrogen-bond donors (Lipinski definition) is 1. The van der Waals surface area contributed by atoms with Crippen LogP contribution in [-0.2, 0) is 26.2 Å². The average Bonchev–Trinajstić information content (AvgIpc) is 2.82. The van der Waals surface area contributed by atoms with E-state index >= 15 is 0 Å². The molecule has 0 unspecified atom stereocenters. The minimum atomic E-state index is -3.67. The maximum Gasteiger partial charge on any atom is 0.243 e. The highest BCUT2D eigenvalue weighted by Crippen LogP contribution is 2.25. The third kappa shape index (κ3) is 9.16. The molecule has 0 fully saturated rings. The van der Waals surface area contributed by atoms with E-state index in [1.54, 1.807) is 18.2 Å². The molecule has 0 spiro atoms. The summed E-state index contributed by atoms with van der Waals surface area (Å²) in [7, 11) is -3.67. The van der Waals surface area contributed by atoms with Crippen LogP contribution >= 0.6 is 23.2 Å². The van der Waals surface area contributed by atoms with E-state index in [-0.39, 0.29) is 43.8 Å². The lowest BCUT2D eigenvalue weighted by molar-refractivity contribution is -0.141. The Balaban J connectivity index is 2.25. The molecule has 0 aliphatic heterocycles. The van der Waals surface area contributed by atoms with E-state index in [9.17, 15) is 22.4 Å². The zero-order valence-electron chi connectivity index (χ0n) is 21.5. The van der Waals surface area contributed by atoms with Crippen molar-refractivity contribution < 1.29 is 22.4 Å². The van der Waals surface area contributed by atoms with Crippen molar-refractivity contribution >= 4 is 50.7 Å². The number of rotatable bonds is 13. The molecule has 0 saturated heterocycles. The number of nitrogens with one attached hydrogen (secondary N) is 1. The number of benzene rings is 2. The first-order valence-electron chi connectivity index (χ1n) is 12.1. The van der Waals surface area contributed by atoms with E-state index in [4.69, 9.17) is 23.2 Å². The summed E-state index contributed by atoms with van der Waals surface area (Å²) in [5.74, 6) is -1.06. The van der Waals surface area contributed by atoms with Crippen molar-refractivity contribution in [2.24, 2.45) is 0 Å². The van der Waals surface area contributed by atoms with Crippen LogP contribution in [0, 0.1) is 5.82 Å². The van der Waals surface area contributed by atoms with Crippen LogP contribution in [0.1, 0.15) is 52.0 Å². The Labute approximate surface area is 229 Å². The van der Waals surface area contributed by atoms with Gasteiger partial charge in [0.15, 0.2) is 0 Å². The molecule has 2 amide bonds. The molecule has 2 rings (SSSR count). The first-order chi connectivity index (χ1) is 17.4. The van der Waals surface area contributed by atoms with E-state index in [1.807, 2.05) is 20.8 Å². The Morgan fingerprint density at radius 3 is 2.24 bits per heavy atom. The van der Waals surface area contributed by atoms with Gasteiger partial charge in [-0.05, 0) is 68.1 Å². The number of carbonyl (C=O) groups excluding carboxylic acids is 2. The SMILES string of the molecule is CC[C@@H](C)NC(=O)[C@@H](CC)N(Cc1ccc(Cl)cc1Cl)C(=O)CCCN(c1ccc(F)cc1)S(C)(=O)=O. The van der Waals surface area contributed by atoms with Gasteiger partial charge >= 0.3 is 0 Å². The predicted molar refractivity (Wildman–Crippen MR) is 147 cm³/mol. The van der Waals surface area contributed by atoms with Crippen LogP contribution in [0.15, 0.2) is 42.5 Å². The Hall–Kier alpha value is -2.36. The molecule has 2 aromatic carbocycles. The number of anilines is 1. The Kier molecular flexibility index (Phi) is 11.7. The molecule has 0 bridgehead atoms. The molecule has 0 radical (unpaired) electrons. The smallest absolute Gasteiger partial charge is 0.243 e. The molecule has 0 aliphatic rings. The Morgan fingerprint density at radius 1 is 1.05 bits per heavy atom. The van der Waals surface area contributed by atoms with Crippen molar-refractivity contribution in [1.29, 1.82) is 0 Å². The van der Waals surface area contributed by atoms with Gasteiger partial charge < -0.3 is 10.2 Å². The van der Waals surface area contributed by atoms with Crippen molar-refractivity contribution in [3.63, 3.8) is 0 Å². The van der Waals surface area contributed by atoms with Gasteiger partial charge in [-0.1, -0.05) is 43.1 Å². The zero-order valence-corrected chi connectivity index (χ0v) is 23.8. The second-order valence-corrected chi connectivity index (χ2v) is 11.7. The number of sulfonamides is 1. The number of halogens is 3. The van der Waals surface area contributed by atoms with Crippen molar-refractivity contribution in [2.75, 3.05) is 17.1 Å². The summed E-state index contributed by atoms with van der Waals surface area (Å²) < 4.78 is 39.2. The van der Waals surface area contributed by atoms with Crippen LogP contribution in [0.25, 0.3) is 0 Å². The Bertz CT molecular complexity index is 1180. The summed E-state index contributed by atoms with van der Waals surface area (Å²) in [5, 5.41) is 3.77. The fourth-order valence-corrected chi connectivity index (χ4v) is 5.24. The van der Waals surface area contributed by atoms with Crippen molar-refractivity contribution in [1.82, 2.24) is 10.2 Å². The minimum Gasteiger partial charge on any atom is -0.352 e. The highest BCUT2D eigenvalue weighted by atomic mass is 35.5. The summed E-state index contributed by atoms with van der Waals surface area (Å²) >= 11 is 12.4. The van der Waals surface area contributed by atoms with Gasteiger partial charge in [-0.3, -0.25) is 13.9 Å². The summed E-state index contributed by atoms with van der Waals surface area (Å²) in [6.07, 6.45) is 2.36. The molecule has 1 N–H and O–H groups in total.